The summed E-state index contributed by atoms with van der Waals surface area (Å²) in [5.74, 6) is 0.186. The Hall–Kier alpha value is -1.09. The van der Waals surface area contributed by atoms with Crippen molar-refractivity contribution in [2.24, 2.45) is 0 Å². The first-order chi connectivity index (χ1) is 12.1. The molecule has 158 valence electrons. The van der Waals surface area contributed by atoms with E-state index in [1.165, 1.54) is 28.7 Å². The largest absolute Gasteiger partial charge is 0.469 e. The topological polar surface area (TPSA) is 82.1 Å². The molecule has 0 saturated heterocycles. The minimum Gasteiger partial charge on any atom is -0.469 e. The van der Waals surface area contributed by atoms with Crippen LogP contribution in [0, 0.1) is 0 Å². The number of esters is 1. The number of rotatable bonds is 7. The van der Waals surface area contributed by atoms with Crippen LogP contribution in [-0.2, 0) is 19.0 Å². The van der Waals surface area contributed by atoms with Crippen LogP contribution < -0.4 is 0 Å². The molecule has 0 N–H and O–H groups in total. The van der Waals surface area contributed by atoms with Gasteiger partial charge in [-0.2, -0.15) is 0 Å². The number of hydrogen-bond acceptors (Lipinski definition) is 8. The van der Waals surface area contributed by atoms with E-state index in [1.807, 2.05) is 13.8 Å². The van der Waals surface area contributed by atoms with Crippen LogP contribution in [0.3, 0.4) is 0 Å². The van der Waals surface area contributed by atoms with Gasteiger partial charge in [-0.15, -0.1) is 0 Å². The van der Waals surface area contributed by atoms with Gasteiger partial charge in [-0.3, -0.25) is 4.79 Å². The normalized spacial score (nSPS) is 12.3. The van der Waals surface area contributed by atoms with Gasteiger partial charge in [-0.25, -0.2) is 14.5 Å². The second-order valence-corrected chi connectivity index (χ2v) is 11.7. The summed E-state index contributed by atoms with van der Waals surface area (Å²) in [7, 11) is 4.32. The number of methoxy groups -OCH3 is 1. The van der Waals surface area contributed by atoms with E-state index in [1.54, 1.807) is 41.5 Å². The number of amides is 2. The van der Waals surface area contributed by atoms with Gasteiger partial charge in [-0.1, -0.05) is 21.6 Å². The summed E-state index contributed by atoms with van der Waals surface area (Å²) in [5.41, 5.74) is -1.44. The van der Waals surface area contributed by atoms with E-state index in [-0.39, 0.29) is 23.7 Å². The van der Waals surface area contributed by atoms with E-state index in [9.17, 15) is 14.4 Å². The molecule has 0 aromatic rings. The van der Waals surface area contributed by atoms with Gasteiger partial charge < -0.3 is 14.2 Å². The zero-order valence-corrected chi connectivity index (χ0v) is 19.5. The van der Waals surface area contributed by atoms with E-state index in [0.29, 0.717) is 5.75 Å². The molecule has 0 aromatic heterocycles. The third-order valence-electron chi connectivity index (χ3n) is 2.71. The molecule has 27 heavy (non-hydrogen) atoms. The van der Waals surface area contributed by atoms with Crippen molar-refractivity contribution in [1.82, 2.24) is 4.90 Å². The Morgan fingerprint density at radius 3 is 1.67 bits per heavy atom. The second kappa shape index (κ2) is 10.5. The van der Waals surface area contributed by atoms with Crippen molar-refractivity contribution in [2.75, 3.05) is 19.4 Å². The van der Waals surface area contributed by atoms with Crippen molar-refractivity contribution in [3.63, 3.8) is 0 Å². The molecular weight excluding hydrogens is 390 g/mol. The number of imide groups is 1. The number of hydrogen-bond donors (Lipinski definition) is 0. The van der Waals surface area contributed by atoms with Gasteiger partial charge in [-0.05, 0) is 55.4 Å². The fourth-order valence-corrected chi connectivity index (χ4v) is 4.11. The third-order valence-corrected chi connectivity index (χ3v) is 5.98. The Labute approximate surface area is 170 Å². The molecule has 0 fully saturated rings. The smallest absolute Gasteiger partial charge is 0.419 e. The molecule has 0 aliphatic carbocycles. The summed E-state index contributed by atoms with van der Waals surface area (Å²) in [5, 5.41) is 0. The van der Waals surface area contributed by atoms with Gasteiger partial charge in [0.05, 0.1) is 13.5 Å². The van der Waals surface area contributed by atoms with Gasteiger partial charge >= 0.3 is 18.2 Å². The van der Waals surface area contributed by atoms with Crippen LogP contribution in [-0.4, -0.2) is 58.4 Å². The monoisotopic (exact) mass is 423 g/mol. The summed E-state index contributed by atoms with van der Waals surface area (Å²) >= 11 is 0. The third kappa shape index (κ3) is 12.8. The highest BCUT2D eigenvalue weighted by Crippen LogP contribution is 2.38. The predicted molar refractivity (Wildman–Crippen MR) is 110 cm³/mol. The molecule has 0 radical (unpaired) electrons. The van der Waals surface area contributed by atoms with Gasteiger partial charge in [0, 0.05) is 17.0 Å². The molecule has 0 aromatic carbocycles. The molecule has 9 heteroatoms. The van der Waals surface area contributed by atoms with E-state index in [0.717, 1.165) is 4.90 Å². The minimum absolute atomic E-state index is 0.135. The van der Waals surface area contributed by atoms with Gasteiger partial charge in [0.25, 0.3) is 0 Å². The Balaban J connectivity index is 4.84. The van der Waals surface area contributed by atoms with Crippen LogP contribution in [0.4, 0.5) is 9.59 Å². The highest BCUT2D eigenvalue weighted by atomic mass is 33.1. The molecule has 0 aliphatic rings. The Morgan fingerprint density at radius 1 is 0.852 bits per heavy atom. The Morgan fingerprint density at radius 2 is 1.30 bits per heavy atom. The van der Waals surface area contributed by atoms with Crippen LogP contribution in [0.1, 0.15) is 61.8 Å². The van der Waals surface area contributed by atoms with Crippen molar-refractivity contribution in [1.29, 1.82) is 0 Å². The van der Waals surface area contributed by atoms with E-state index >= 15 is 0 Å². The Bertz CT molecular complexity index is 495. The standard InChI is InChI=1S/C18H33NO6S2/c1-16(2,3)24-14(21)19(15(22)25-17(4,5)6)10-11-26-27-18(7,8)12-13(20)23-9/h10-12H2,1-9H3. The zero-order valence-electron chi connectivity index (χ0n) is 17.8. The predicted octanol–water partition coefficient (Wildman–Crippen LogP) is 4.88. The molecule has 0 unspecified atom stereocenters. The molecule has 0 aliphatic heterocycles. The molecule has 0 saturated carbocycles. The van der Waals surface area contributed by atoms with Gasteiger partial charge in [0.15, 0.2) is 0 Å². The lowest BCUT2D eigenvalue weighted by molar-refractivity contribution is -0.141. The lowest BCUT2D eigenvalue weighted by Gasteiger charge is -2.28. The van der Waals surface area contributed by atoms with Crippen molar-refractivity contribution >= 4 is 39.7 Å². The molecule has 0 heterocycles. The first-order valence-corrected chi connectivity index (χ1v) is 11.0. The van der Waals surface area contributed by atoms with Gasteiger partial charge in [0.1, 0.15) is 11.2 Å². The lowest BCUT2D eigenvalue weighted by atomic mass is 10.1. The van der Waals surface area contributed by atoms with E-state index in [4.69, 9.17) is 14.2 Å². The summed E-state index contributed by atoms with van der Waals surface area (Å²) in [6.45, 7) is 14.4. The zero-order chi connectivity index (χ0) is 21.5. The SMILES string of the molecule is COC(=O)CC(C)(C)SSCCN(C(=O)OC(C)(C)C)C(=O)OC(C)(C)C. The maximum absolute atomic E-state index is 12.4. The molecule has 0 spiro atoms. The molecule has 2 amide bonds. The first kappa shape index (κ1) is 25.9. The maximum Gasteiger partial charge on any atom is 0.419 e. The summed E-state index contributed by atoms with van der Waals surface area (Å²) in [6.07, 6.45) is -1.21. The molecule has 7 nitrogen and oxygen atoms in total. The van der Waals surface area contributed by atoms with E-state index in [2.05, 4.69) is 0 Å². The van der Waals surface area contributed by atoms with Crippen LogP contribution in [0.15, 0.2) is 0 Å². The number of carbonyl (C=O) groups is 3. The van der Waals surface area contributed by atoms with Crippen molar-refractivity contribution in [3.8, 4) is 0 Å². The molecular formula is C18H33NO6S2. The van der Waals surface area contributed by atoms with Crippen molar-refractivity contribution < 1.29 is 28.6 Å². The minimum atomic E-state index is -0.740. The van der Waals surface area contributed by atoms with Crippen molar-refractivity contribution in [2.45, 2.75) is 77.8 Å². The lowest BCUT2D eigenvalue weighted by Crippen LogP contribution is -2.44. The van der Waals surface area contributed by atoms with Crippen molar-refractivity contribution in [3.05, 3.63) is 0 Å². The molecule has 0 atom stereocenters. The highest BCUT2D eigenvalue weighted by Gasteiger charge is 2.31. The second-order valence-electron chi connectivity index (χ2n) is 8.53. The quantitative estimate of drug-likeness (QED) is 0.248. The average Bonchev–Trinajstić information content (AvgIpc) is 2.42. The summed E-state index contributed by atoms with van der Waals surface area (Å²) < 4.78 is 15.0. The van der Waals surface area contributed by atoms with Crippen LogP contribution >= 0.6 is 21.6 Å². The van der Waals surface area contributed by atoms with Crippen LogP contribution in [0.2, 0.25) is 0 Å². The summed E-state index contributed by atoms with van der Waals surface area (Å²) in [6, 6.07) is 0. The Kier molecular flexibility index (Phi) is 10.0. The molecule has 0 rings (SSSR count). The average molecular weight is 424 g/mol. The van der Waals surface area contributed by atoms with Crippen LogP contribution in [0.5, 0.6) is 0 Å². The first-order valence-electron chi connectivity index (χ1n) is 8.67. The number of carbonyl (C=O) groups excluding carboxylic acids is 3. The van der Waals surface area contributed by atoms with Crippen LogP contribution in [0.25, 0.3) is 0 Å². The summed E-state index contributed by atoms with van der Waals surface area (Å²) in [4.78, 5) is 37.2. The van der Waals surface area contributed by atoms with E-state index < -0.39 is 23.4 Å². The fraction of sp³-hybridized carbons (Fsp3) is 0.833. The highest BCUT2D eigenvalue weighted by molar-refractivity contribution is 8.77. The molecule has 0 bridgehead atoms. The maximum atomic E-state index is 12.4. The van der Waals surface area contributed by atoms with Gasteiger partial charge in [0.2, 0.25) is 0 Å². The number of nitrogens with zero attached hydrogens (tertiary/aromatic N) is 1. The number of ether oxygens (including phenoxy) is 3. The fourth-order valence-electron chi connectivity index (χ4n) is 1.67.